The molecule has 346 valence electrons. The number of hydrogen-bond acceptors (Lipinski definition) is 3. The van der Waals surface area contributed by atoms with Crippen LogP contribution in [0.15, 0.2) is 273 Å². The molecule has 0 aliphatic heterocycles. The molecule has 0 fully saturated rings. The van der Waals surface area contributed by atoms with Crippen molar-refractivity contribution in [2.45, 2.75) is 0 Å². The Hall–Kier alpha value is -9.97. The highest BCUT2D eigenvalue weighted by Crippen LogP contribution is 2.44. The largest absolute Gasteiger partial charge is 0.307 e. The third-order valence-electron chi connectivity index (χ3n) is 14.4. The quantitative estimate of drug-likeness (QED) is 0.145. The van der Waals surface area contributed by atoms with Crippen LogP contribution in [0.2, 0.25) is 0 Å². The van der Waals surface area contributed by atoms with Gasteiger partial charge in [0.1, 0.15) is 0 Å². The van der Waals surface area contributed by atoms with Gasteiger partial charge in [-0.15, -0.1) is 0 Å². The smallest absolute Gasteiger partial charge is 0.238 e. The summed E-state index contributed by atoms with van der Waals surface area (Å²) in [4.78, 5) is 16.2. The first-order chi connectivity index (χ1) is 36.7. The summed E-state index contributed by atoms with van der Waals surface area (Å²) in [7, 11) is 0. The van der Waals surface area contributed by atoms with Crippen LogP contribution >= 0.6 is 0 Å². The summed E-state index contributed by atoms with van der Waals surface area (Å²) in [6.45, 7) is 0. The number of rotatable bonds is 9. The maximum Gasteiger partial charge on any atom is 0.238 e. The van der Waals surface area contributed by atoms with Gasteiger partial charge in [0.2, 0.25) is 5.95 Å². The highest BCUT2D eigenvalue weighted by molar-refractivity contribution is 6.23. The van der Waals surface area contributed by atoms with Crippen LogP contribution in [-0.4, -0.2) is 24.1 Å². The molecule has 0 amide bonds. The summed E-state index contributed by atoms with van der Waals surface area (Å²) in [5, 5.41) is 4.51. The molecule has 74 heavy (non-hydrogen) atoms. The lowest BCUT2D eigenvalue weighted by Gasteiger charge is -2.16. The van der Waals surface area contributed by atoms with Crippen molar-refractivity contribution >= 4 is 43.6 Å². The fourth-order valence-corrected chi connectivity index (χ4v) is 10.9. The van der Waals surface area contributed by atoms with Crippen molar-refractivity contribution in [3.05, 3.63) is 273 Å². The Kier molecular flexibility index (Phi) is 10.4. The molecule has 0 atom stereocenters. The van der Waals surface area contributed by atoms with E-state index < -0.39 is 0 Å². The Morgan fingerprint density at radius 3 is 1.26 bits per heavy atom. The van der Waals surface area contributed by atoms with Gasteiger partial charge in [0.15, 0.2) is 11.6 Å². The van der Waals surface area contributed by atoms with E-state index in [4.69, 9.17) is 15.0 Å². The maximum atomic E-state index is 5.52. The van der Waals surface area contributed by atoms with Gasteiger partial charge in [-0.2, -0.15) is 9.97 Å². The van der Waals surface area contributed by atoms with E-state index in [1.165, 1.54) is 22.3 Å². The van der Waals surface area contributed by atoms with E-state index in [2.05, 4.69) is 258 Å². The van der Waals surface area contributed by atoms with E-state index in [1.807, 2.05) is 24.3 Å². The van der Waals surface area contributed by atoms with Crippen molar-refractivity contribution in [2.24, 2.45) is 0 Å². The average molecular weight is 944 g/mol. The predicted molar refractivity (Wildman–Crippen MR) is 307 cm³/mol. The van der Waals surface area contributed by atoms with Gasteiger partial charge < -0.3 is 4.57 Å². The van der Waals surface area contributed by atoms with Gasteiger partial charge in [-0.3, -0.25) is 4.57 Å². The van der Waals surface area contributed by atoms with Gasteiger partial charge in [-0.25, -0.2) is 4.98 Å². The van der Waals surface area contributed by atoms with E-state index in [-0.39, 0.29) is 0 Å². The molecule has 11 aromatic carbocycles. The van der Waals surface area contributed by atoms with E-state index in [9.17, 15) is 0 Å². The third kappa shape index (κ3) is 7.46. The molecular formula is C69H45N5. The molecule has 5 nitrogen and oxygen atoms in total. The van der Waals surface area contributed by atoms with Gasteiger partial charge in [0.05, 0.1) is 22.1 Å². The second-order valence-electron chi connectivity index (χ2n) is 18.8. The lowest BCUT2D eigenvalue weighted by molar-refractivity contribution is 0.953. The van der Waals surface area contributed by atoms with Crippen molar-refractivity contribution in [1.82, 2.24) is 24.1 Å². The van der Waals surface area contributed by atoms with E-state index in [0.29, 0.717) is 17.6 Å². The Morgan fingerprint density at radius 2 is 0.635 bits per heavy atom. The van der Waals surface area contributed by atoms with Crippen LogP contribution in [0.1, 0.15) is 0 Å². The van der Waals surface area contributed by atoms with Crippen molar-refractivity contribution in [1.29, 1.82) is 0 Å². The summed E-state index contributed by atoms with van der Waals surface area (Å²) in [5.74, 6) is 1.73. The van der Waals surface area contributed by atoms with Crippen LogP contribution in [-0.2, 0) is 0 Å². The summed E-state index contributed by atoms with van der Waals surface area (Å²) < 4.78 is 4.75. The van der Waals surface area contributed by atoms with Crippen LogP contribution in [0.3, 0.4) is 0 Å². The molecule has 0 unspecified atom stereocenters. The molecule has 3 heterocycles. The predicted octanol–water partition coefficient (Wildman–Crippen LogP) is 17.7. The molecule has 3 aromatic heterocycles. The molecule has 0 spiro atoms. The minimum atomic E-state index is 0.540. The van der Waals surface area contributed by atoms with Crippen molar-refractivity contribution in [2.75, 3.05) is 0 Å². The topological polar surface area (TPSA) is 48.5 Å². The average Bonchev–Trinajstić information content (AvgIpc) is 4.03. The fraction of sp³-hybridized carbons (Fsp3) is 0. The van der Waals surface area contributed by atoms with Crippen LogP contribution in [0.5, 0.6) is 0 Å². The number of aromatic nitrogens is 5. The minimum Gasteiger partial charge on any atom is -0.307 e. The van der Waals surface area contributed by atoms with Crippen molar-refractivity contribution in [3.63, 3.8) is 0 Å². The van der Waals surface area contributed by atoms with Crippen molar-refractivity contribution < 1.29 is 0 Å². The zero-order chi connectivity index (χ0) is 49.0. The Bertz CT molecular complexity index is 4390. The summed E-state index contributed by atoms with van der Waals surface area (Å²) in [6.07, 6.45) is 0. The molecule has 14 aromatic rings. The van der Waals surface area contributed by atoms with Crippen molar-refractivity contribution in [3.8, 4) is 90.0 Å². The Labute approximate surface area is 428 Å². The molecule has 0 radical (unpaired) electrons. The monoisotopic (exact) mass is 943 g/mol. The lowest BCUT2D eigenvalue weighted by Crippen LogP contribution is -2.07. The van der Waals surface area contributed by atoms with E-state index in [1.54, 1.807) is 0 Å². The second kappa shape index (κ2) is 18.0. The van der Waals surface area contributed by atoms with Gasteiger partial charge in [0, 0.05) is 38.4 Å². The molecule has 0 aliphatic rings. The molecule has 0 aliphatic carbocycles. The summed E-state index contributed by atoms with van der Waals surface area (Å²) in [5.41, 5.74) is 18.4. The molecule has 14 rings (SSSR count). The fourth-order valence-electron chi connectivity index (χ4n) is 10.9. The first kappa shape index (κ1) is 42.9. The number of hydrogen-bond donors (Lipinski definition) is 0. The molecule has 0 saturated carbocycles. The third-order valence-corrected chi connectivity index (χ3v) is 14.4. The normalized spacial score (nSPS) is 11.5. The van der Waals surface area contributed by atoms with Crippen LogP contribution in [0.4, 0.5) is 0 Å². The van der Waals surface area contributed by atoms with E-state index >= 15 is 0 Å². The van der Waals surface area contributed by atoms with E-state index in [0.717, 1.165) is 93.8 Å². The minimum absolute atomic E-state index is 0.540. The first-order valence-corrected chi connectivity index (χ1v) is 25.1. The van der Waals surface area contributed by atoms with Gasteiger partial charge in [-0.05, 0) is 92.0 Å². The Balaban J connectivity index is 1.06. The second-order valence-corrected chi connectivity index (χ2v) is 18.8. The highest BCUT2D eigenvalue weighted by Gasteiger charge is 2.25. The van der Waals surface area contributed by atoms with Gasteiger partial charge >= 0.3 is 0 Å². The molecule has 0 bridgehead atoms. The number of fused-ring (bicyclic) bond motifs is 7. The zero-order valence-electron chi connectivity index (χ0n) is 40.2. The molecule has 5 heteroatoms. The summed E-state index contributed by atoms with van der Waals surface area (Å²) in [6, 6.07) is 97.3. The van der Waals surface area contributed by atoms with Crippen LogP contribution in [0, 0.1) is 0 Å². The zero-order valence-corrected chi connectivity index (χ0v) is 40.2. The standard InChI is InChI=1S/C69H45N5/c1-5-20-46(21-6-1)48-36-38-49(39-37-48)54-43-55(53-29-19-28-52(42-53)47-22-7-2-8-23-47)45-56(44-54)73-63-34-17-15-31-58(63)60-40-41-61-59-32-16-18-35-64(59)74(66(61)65(60)73)69-71-67(51-26-11-4-12-27-51)70-68(72-69)62-33-14-13-30-57(62)50-24-9-3-10-25-50/h1-45H. The Morgan fingerprint density at radius 1 is 0.230 bits per heavy atom. The molecular weight excluding hydrogens is 899 g/mol. The molecule has 0 N–H and O–H groups in total. The van der Waals surface area contributed by atoms with Crippen LogP contribution < -0.4 is 0 Å². The lowest BCUT2D eigenvalue weighted by atomic mass is 9.94. The maximum absolute atomic E-state index is 5.52. The number of benzene rings is 11. The van der Waals surface area contributed by atoms with Gasteiger partial charge in [0.25, 0.3) is 0 Å². The molecule has 0 saturated heterocycles. The number of nitrogens with zero attached hydrogens (tertiary/aromatic N) is 5. The SMILES string of the molecule is c1ccc(-c2ccc(-c3cc(-c4cccc(-c5ccccc5)c4)cc(-n4c5ccccc5c5ccc6c7ccccc7n(-c7nc(-c8ccccc8)nc(-c8ccccc8-c8ccccc8)n7)c6c54)c3)cc2)cc1. The van der Waals surface area contributed by atoms with Crippen LogP contribution in [0.25, 0.3) is 134 Å². The van der Waals surface area contributed by atoms with Gasteiger partial charge in [-0.1, -0.05) is 237 Å². The summed E-state index contributed by atoms with van der Waals surface area (Å²) >= 11 is 0. The number of para-hydroxylation sites is 2. The highest BCUT2D eigenvalue weighted by atomic mass is 15.2. The first-order valence-electron chi connectivity index (χ1n) is 25.1.